The van der Waals surface area contributed by atoms with E-state index >= 15 is 0 Å². The molecular formula is C41H59ClO6. The molecule has 3 rings (SSSR count). The summed E-state index contributed by atoms with van der Waals surface area (Å²) in [4.78, 5) is 12.1. The molecule has 1 N–H and O–H groups in total. The smallest absolute Gasteiger partial charge is 0.220 e. The van der Waals surface area contributed by atoms with Crippen molar-refractivity contribution in [3.05, 3.63) is 116 Å². The Morgan fingerprint density at radius 2 is 1.56 bits per heavy atom. The summed E-state index contributed by atoms with van der Waals surface area (Å²) in [6.07, 6.45) is 25.7. The number of carbonyl (C=O) groups excluding carboxylic acids is 1. The van der Waals surface area contributed by atoms with Crippen LogP contribution in [0.2, 0.25) is 5.02 Å². The number of hydrogen-bond acceptors (Lipinski definition) is 6. The molecule has 0 radical (unpaired) electrons. The van der Waals surface area contributed by atoms with E-state index in [1.807, 2.05) is 44.9 Å². The number of benzene rings is 2. The van der Waals surface area contributed by atoms with Crippen LogP contribution in [0.25, 0.3) is 16.7 Å². The summed E-state index contributed by atoms with van der Waals surface area (Å²) in [6, 6.07) is 11.5. The Morgan fingerprint density at radius 3 is 2.15 bits per heavy atom. The van der Waals surface area contributed by atoms with Crippen molar-refractivity contribution in [2.24, 2.45) is 5.92 Å². The lowest BCUT2D eigenvalue weighted by Crippen LogP contribution is -2.02. The number of ether oxygens (including phenoxy) is 3. The van der Waals surface area contributed by atoms with Crippen molar-refractivity contribution in [2.75, 3.05) is 20.7 Å². The fourth-order valence-electron chi connectivity index (χ4n) is 4.74. The summed E-state index contributed by atoms with van der Waals surface area (Å²) in [6.45, 7) is 20.8. The highest BCUT2D eigenvalue weighted by Crippen LogP contribution is 2.35. The third kappa shape index (κ3) is 20.5. The van der Waals surface area contributed by atoms with Gasteiger partial charge in [0, 0.05) is 23.8 Å². The minimum absolute atomic E-state index is 0.104. The van der Waals surface area contributed by atoms with Crippen LogP contribution in [0, 0.1) is 5.92 Å². The van der Waals surface area contributed by atoms with E-state index in [4.69, 9.17) is 35.9 Å². The van der Waals surface area contributed by atoms with Gasteiger partial charge < -0.3 is 19.0 Å². The number of rotatable bonds is 13. The molecule has 0 saturated carbocycles. The van der Waals surface area contributed by atoms with Gasteiger partial charge in [0.2, 0.25) is 6.79 Å². The molecule has 1 unspecified atom stereocenters. The first kappa shape index (κ1) is 46.4. The average molecular weight is 683 g/mol. The topological polar surface area (TPSA) is 74.2 Å². The molecule has 0 heterocycles. The van der Waals surface area contributed by atoms with Crippen molar-refractivity contribution >= 4 is 24.0 Å². The van der Waals surface area contributed by atoms with E-state index in [-0.39, 0.29) is 13.6 Å². The third-order valence-corrected chi connectivity index (χ3v) is 7.24. The highest BCUT2D eigenvalue weighted by molar-refractivity contribution is 6.32. The fraction of sp³-hybridized carbons (Fsp3) is 0.390. The van der Waals surface area contributed by atoms with Crippen LogP contribution in [0.4, 0.5) is 0 Å². The maximum atomic E-state index is 8.66. The molecule has 48 heavy (non-hydrogen) atoms. The Kier molecular flexibility index (Phi) is 32.1. The van der Waals surface area contributed by atoms with Crippen LogP contribution >= 0.6 is 11.6 Å². The molecule has 266 valence electrons. The molecule has 7 heteroatoms. The molecule has 0 amide bonds. The molecule has 0 bridgehead atoms. The standard InChI is InChI=1S/C32H41ClO5.C4H6.C2H6.C2H4.CH2O/c1-3-4-7-12-25-13-8-5-6-9-15-26(16-11-10-14-25)31-18-17-27(21-32(31)33)28-19-29(36-23-35-2)22-30(20-28)37-24-38-34;1-3-4-2;3*1-2/h6,9,11,15-22,25,34H,3-5,7-8,10,12-14,23-24H2,1-2H3;3-4H,1-2H2;1-2H3;1-2H2;1H2/b9-6+,16-11-,26-15+;;;;. The average Bonchev–Trinajstić information content (AvgIpc) is 3.13. The Labute approximate surface area is 296 Å². The SMILES string of the molecule is C=C.C=CC=C.C=O.CC.CCCCCC1CC\C=C/C(c2ccc(-c3cc(OCOC)cc(OCOO)c3)cc2Cl)=C\C=C\CCC1. The molecule has 2 aromatic carbocycles. The van der Waals surface area contributed by atoms with Crippen LogP contribution in [0.15, 0.2) is 105 Å². The summed E-state index contributed by atoms with van der Waals surface area (Å²) < 4.78 is 16.1. The maximum absolute atomic E-state index is 8.66. The number of allylic oxidation sites excluding steroid dienone is 8. The number of halogens is 1. The first-order valence-corrected chi connectivity index (χ1v) is 17.0. The molecule has 0 fully saturated rings. The number of hydrogen-bond donors (Lipinski definition) is 1. The molecule has 6 nitrogen and oxygen atoms in total. The highest BCUT2D eigenvalue weighted by Gasteiger charge is 2.11. The fourth-order valence-corrected chi connectivity index (χ4v) is 5.03. The summed E-state index contributed by atoms with van der Waals surface area (Å²) in [7, 11) is 1.56. The van der Waals surface area contributed by atoms with Crippen LogP contribution in [0.1, 0.15) is 84.1 Å². The second-order valence-electron chi connectivity index (χ2n) is 10.1. The van der Waals surface area contributed by atoms with E-state index in [2.05, 4.69) is 74.6 Å². The molecule has 0 aromatic heterocycles. The van der Waals surface area contributed by atoms with Crippen molar-refractivity contribution in [3.8, 4) is 22.6 Å². The lowest BCUT2D eigenvalue weighted by atomic mass is 9.90. The zero-order chi connectivity index (χ0) is 36.4. The number of carbonyl (C=O) groups is 1. The van der Waals surface area contributed by atoms with Gasteiger partial charge in [0.15, 0.2) is 6.79 Å². The summed E-state index contributed by atoms with van der Waals surface area (Å²) >= 11 is 6.84. The van der Waals surface area contributed by atoms with Crippen LogP contribution in [-0.4, -0.2) is 32.7 Å². The maximum Gasteiger partial charge on any atom is 0.220 e. The predicted molar refractivity (Wildman–Crippen MR) is 206 cm³/mol. The molecule has 1 aliphatic carbocycles. The lowest BCUT2D eigenvalue weighted by molar-refractivity contribution is -0.278. The molecule has 0 saturated heterocycles. The Balaban J connectivity index is 0. The van der Waals surface area contributed by atoms with Crippen molar-refractivity contribution in [1.82, 2.24) is 0 Å². The Hall–Kier alpha value is -3.68. The molecule has 1 atom stereocenters. The van der Waals surface area contributed by atoms with Crippen molar-refractivity contribution in [1.29, 1.82) is 0 Å². The van der Waals surface area contributed by atoms with Gasteiger partial charge in [-0.2, -0.15) is 4.89 Å². The number of methoxy groups -OCH3 is 1. The summed E-state index contributed by atoms with van der Waals surface area (Å²) in [5.41, 5.74) is 3.86. The van der Waals surface area contributed by atoms with E-state index in [0.29, 0.717) is 16.5 Å². The molecular weight excluding hydrogens is 624 g/mol. The van der Waals surface area contributed by atoms with E-state index in [0.717, 1.165) is 41.0 Å². The zero-order valence-corrected chi connectivity index (χ0v) is 30.5. The van der Waals surface area contributed by atoms with Crippen LogP contribution < -0.4 is 9.47 Å². The Bertz CT molecular complexity index is 1170. The van der Waals surface area contributed by atoms with E-state index in [9.17, 15) is 0 Å². The van der Waals surface area contributed by atoms with Crippen LogP contribution in [-0.2, 0) is 14.4 Å². The molecule has 0 aliphatic heterocycles. The van der Waals surface area contributed by atoms with Crippen molar-refractivity contribution in [2.45, 2.75) is 78.6 Å². The second kappa shape index (κ2) is 33.2. The highest BCUT2D eigenvalue weighted by atomic mass is 35.5. The second-order valence-corrected chi connectivity index (χ2v) is 10.5. The summed E-state index contributed by atoms with van der Waals surface area (Å²) in [5, 5.41) is 9.33. The van der Waals surface area contributed by atoms with Gasteiger partial charge in [-0.3, -0.25) is 0 Å². The van der Waals surface area contributed by atoms with Gasteiger partial charge >= 0.3 is 0 Å². The van der Waals surface area contributed by atoms with Gasteiger partial charge in [0.05, 0.1) is 0 Å². The zero-order valence-electron chi connectivity index (χ0n) is 29.8. The first-order valence-electron chi connectivity index (χ1n) is 16.6. The van der Waals surface area contributed by atoms with Gasteiger partial charge in [0.1, 0.15) is 18.3 Å². The van der Waals surface area contributed by atoms with E-state index in [1.165, 1.54) is 44.9 Å². The summed E-state index contributed by atoms with van der Waals surface area (Å²) in [5.74, 6) is 1.88. The minimum atomic E-state index is -0.291. The van der Waals surface area contributed by atoms with Gasteiger partial charge in [-0.1, -0.05) is 132 Å². The third-order valence-electron chi connectivity index (χ3n) is 6.93. The van der Waals surface area contributed by atoms with Gasteiger partial charge in [-0.15, -0.1) is 13.2 Å². The monoisotopic (exact) mass is 682 g/mol. The molecule has 0 spiro atoms. The largest absolute Gasteiger partial charge is 0.467 e. The predicted octanol–water partition coefficient (Wildman–Crippen LogP) is 12.5. The normalized spacial score (nSPS) is 16.1. The van der Waals surface area contributed by atoms with E-state index in [1.54, 1.807) is 25.3 Å². The first-order chi connectivity index (χ1) is 23.6. The lowest BCUT2D eigenvalue weighted by Gasteiger charge is -2.16. The minimum Gasteiger partial charge on any atom is -0.467 e. The van der Waals surface area contributed by atoms with Gasteiger partial charge in [0.25, 0.3) is 0 Å². The Morgan fingerprint density at radius 1 is 0.896 bits per heavy atom. The van der Waals surface area contributed by atoms with Gasteiger partial charge in [-0.25, -0.2) is 5.26 Å². The van der Waals surface area contributed by atoms with Crippen LogP contribution in [0.3, 0.4) is 0 Å². The van der Waals surface area contributed by atoms with Crippen molar-refractivity contribution in [3.63, 3.8) is 0 Å². The van der Waals surface area contributed by atoms with Crippen LogP contribution in [0.5, 0.6) is 11.5 Å². The number of unbranched alkanes of at least 4 members (excludes halogenated alkanes) is 2. The van der Waals surface area contributed by atoms with E-state index < -0.39 is 0 Å². The molecule has 1 aliphatic rings. The quantitative estimate of drug-likeness (QED) is 0.0566. The van der Waals surface area contributed by atoms with Gasteiger partial charge in [-0.05, 0) is 66.5 Å². The van der Waals surface area contributed by atoms with Crippen molar-refractivity contribution < 1.29 is 29.1 Å². The molecule has 2 aromatic rings.